The molecule has 20 heavy (non-hydrogen) atoms. The number of hydrogen-bond acceptors (Lipinski definition) is 4. The molecule has 0 radical (unpaired) electrons. The number of nitro groups is 1. The van der Waals surface area contributed by atoms with Gasteiger partial charge in [-0.2, -0.15) is 0 Å². The van der Waals surface area contributed by atoms with Crippen LogP contribution in [0.5, 0.6) is 0 Å². The molecule has 0 atom stereocenters. The van der Waals surface area contributed by atoms with E-state index in [4.69, 9.17) is 17.3 Å². The fraction of sp³-hybridized carbons (Fsp3) is 0.0769. The molecule has 104 valence electrons. The number of benzene rings is 2. The number of non-ortho nitro benzene ring substituents is 1. The van der Waals surface area contributed by atoms with Gasteiger partial charge in [0.05, 0.1) is 9.95 Å². The van der Waals surface area contributed by atoms with Crippen molar-refractivity contribution in [3.05, 3.63) is 62.9 Å². The molecule has 0 bridgehead atoms. The van der Waals surface area contributed by atoms with Crippen molar-refractivity contribution in [3.8, 4) is 0 Å². The van der Waals surface area contributed by atoms with E-state index in [0.717, 1.165) is 10.5 Å². The van der Waals surface area contributed by atoms with Crippen LogP contribution in [0.25, 0.3) is 0 Å². The standard InChI is InChI=1S/C13H10ClFN2O2S/c14-11-6-10(17(18)19)3-1-8(11)7-20-13-4-2-9(15)5-12(13)16/h1-6H,7,16H2. The molecule has 0 saturated carbocycles. The lowest BCUT2D eigenvalue weighted by Gasteiger charge is -2.07. The number of nitrogens with two attached hydrogens (primary N) is 1. The van der Waals surface area contributed by atoms with E-state index in [2.05, 4.69) is 0 Å². The van der Waals surface area contributed by atoms with Crippen LogP contribution in [0.1, 0.15) is 5.56 Å². The van der Waals surface area contributed by atoms with Crippen LogP contribution in [0.4, 0.5) is 15.8 Å². The van der Waals surface area contributed by atoms with E-state index in [9.17, 15) is 14.5 Å². The largest absolute Gasteiger partial charge is 0.398 e. The van der Waals surface area contributed by atoms with Gasteiger partial charge in [0.2, 0.25) is 0 Å². The predicted octanol–water partition coefficient (Wildman–Crippen LogP) is 4.26. The zero-order chi connectivity index (χ0) is 14.7. The smallest absolute Gasteiger partial charge is 0.270 e. The average Bonchev–Trinajstić information content (AvgIpc) is 2.38. The SMILES string of the molecule is Nc1cc(F)ccc1SCc1ccc([N+](=O)[O-])cc1Cl. The van der Waals surface area contributed by atoms with Crippen molar-refractivity contribution in [2.45, 2.75) is 10.6 Å². The molecule has 0 aliphatic carbocycles. The summed E-state index contributed by atoms with van der Waals surface area (Å²) in [6.07, 6.45) is 0. The van der Waals surface area contributed by atoms with Crippen LogP contribution in [-0.2, 0) is 5.75 Å². The Morgan fingerprint density at radius 3 is 2.65 bits per heavy atom. The Hall–Kier alpha value is -1.79. The number of hydrogen-bond donors (Lipinski definition) is 1. The molecule has 0 amide bonds. The van der Waals surface area contributed by atoms with E-state index in [1.54, 1.807) is 12.1 Å². The van der Waals surface area contributed by atoms with Crippen molar-refractivity contribution >= 4 is 34.7 Å². The van der Waals surface area contributed by atoms with E-state index in [1.165, 1.54) is 36.0 Å². The van der Waals surface area contributed by atoms with Crippen LogP contribution in [0, 0.1) is 15.9 Å². The zero-order valence-electron chi connectivity index (χ0n) is 10.2. The highest BCUT2D eigenvalue weighted by Crippen LogP contribution is 2.32. The second-order valence-corrected chi connectivity index (χ2v) is 5.43. The van der Waals surface area contributed by atoms with Crippen molar-refractivity contribution < 1.29 is 9.31 Å². The summed E-state index contributed by atoms with van der Waals surface area (Å²) in [6, 6.07) is 8.49. The van der Waals surface area contributed by atoms with E-state index in [0.29, 0.717) is 16.5 Å². The monoisotopic (exact) mass is 312 g/mol. The molecule has 0 spiro atoms. The van der Waals surface area contributed by atoms with Crippen molar-refractivity contribution in [2.24, 2.45) is 0 Å². The van der Waals surface area contributed by atoms with Gasteiger partial charge in [-0.3, -0.25) is 10.1 Å². The fourth-order valence-electron chi connectivity index (χ4n) is 1.57. The number of thioether (sulfide) groups is 1. The molecule has 0 fully saturated rings. The summed E-state index contributed by atoms with van der Waals surface area (Å²) in [4.78, 5) is 10.8. The third-order valence-electron chi connectivity index (χ3n) is 2.60. The number of rotatable bonds is 4. The van der Waals surface area contributed by atoms with Gasteiger partial charge in [-0.25, -0.2) is 4.39 Å². The molecule has 0 heterocycles. The molecule has 0 aliphatic rings. The molecule has 0 unspecified atom stereocenters. The van der Waals surface area contributed by atoms with Crippen LogP contribution < -0.4 is 5.73 Å². The van der Waals surface area contributed by atoms with Gasteiger partial charge in [0.15, 0.2) is 0 Å². The van der Waals surface area contributed by atoms with E-state index in [1.807, 2.05) is 0 Å². The summed E-state index contributed by atoms with van der Waals surface area (Å²) in [6.45, 7) is 0. The summed E-state index contributed by atoms with van der Waals surface area (Å²) < 4.78 is 12.9. The third kappa shape index (κ3) is 3.40. The van der Waals surface area contributed by atoms with E-state index in [-0.39, 0.29) is 11.5 Å². The Balaban J connectivity index is 2.13. The first-order valence-electron chi connectivity index (χ1n) is 5.58. The second-order valence-electron chi connectivity index (χ2n) is 4.00. The molecular formula is C13H10ClFN2O2S. The number of nitrogen functional groups attached to an aromatic ring is 1. The van der Waals surface area contributed by atoms with Crippen LogP contribution in [0.2, 0.25) is 5.02 Å². The number of anilines is 1. The summed E-state index contributed by atoms with van der Waals surface area (Å²) in [5.41, 5.74) is 6.76. The van der Waals surface area contributed by atoms with Crippen LogP contribution in [-0.4, -0.2) is 4.92 Å². The van der Waals surface area contributed by atoms with E-state index < -0.39 is 4.92 Å². The van der Waals surface area contributed by atoms with Gasteiger partial charge >= 0.3 is 0 Å². The molecule has 0 aromatic heterocycles. The average molecular weight is 313 g/mol. The highest BCUT2D eigenvalue weighted by atomic mass is 35.5. The highest BCUT2D eigenvalue weighted by molar-refractivity contribution is 7.98. The normalized spacial score (nSPS) is 10.5. The van der Waals surface area contributed by atoms with Crippen molar-refractivity contribution in [1.82, 2.24) is 0 Å². The molecule has 2 aromatic rings. The Kier molecular flexibility index (Phi) is 4.46. The lowest BCUT2D eigenvalue weighted by Crippen LogP contribution is -1.92. The molecule has 2 N–H and O–H groups in total. The Bertz CT molecular complexity index is 667. The van der Waals surface area contributed by atoms with Gasteiger partial charge in [-0.15, -0.1) is 11.8 Å². The quantitative estimate of drug-likeness (QED) is 0.396. The van der Waals surface area contributed by atoms with Gasteiger partial charge in [0, 0.05) is 28.5 Å². The number of nitro benzene ring substituents is 1. The molecule has 4 nitrogen and oxygen atoms in total. The molecule has 2 rings (SSSR count). The maximum atomic E-state index is 12.9. The fourth-order valence-corrected chi connectivity index (χ4v) is 2.85. The van der Waals surface area contributed by atoms with Gasteiger partial charge in [0.25, 0.3) is 5.69 Å². The lowest BCUT2D eigenvalue weighted by atomic mass is 10.2. The lowest BCUT2D eigenvalue weighted by molar-refractivity contribution is -0.384. The van der Waals surface area contributed by atoms with Crippen LogP contribution in [0.3, 0.4) is 0 Å². The molecule has 0 saturated heterocycles. The maximum absolute atomic E-state index is 12.9. The first-order valence-corrected chi connectivity index (χ1v) is 6.94. The topological polar surface area (TPSA) is 69.2 Å². The van der Waals surface area contributed by atoms with Crippen molar-refractivity contribution in [2.75, 3.05) is 5.73 Å². The second kappa shape index (κ2) is 6.11. The van der Waals surface area contributed by atoms with E-state index >= 15 is 0 Å². The maximum Gasteiger partial charge on any atom is 0.270 e. The minimum absolute atomic E-state index is 0.0509. The molecular weight excluding hydrogens is 303 g/mol. The Labute approximate surface area is 123 Å². The van der Waals surface area contributed by atoms with Gasteiger partial charge in [0.1, 0.15) is 5.82 Å². The minimum Gasteiger partial charge on any atom is -0.398 e. The molecule has 0 aliphatic heterocycles. The van der Waals surface area contributed by atoms with Gasteiger partial charge < -0.3 is 5.73 Å². The molecule has 2 aromatic carbocycles. The van der Waals surface area contributed by atoms with Crippen molar-refractivity contribution in [1.29, 1.82) is 0 Å². The Morgan fingerprint density at radius 1 is 1.30 bits per heavy atom. The van der Waals surface area contributed by atoms with Gasteiger partial charge in [-0.1, -0.05) is 11.6 Å². The zero-order valence-corrected chi connectivity index (χ0v) is 11.7. The number of nitrogens with zero attached hydrogens (tertiary/aromatic N) is 1. The minimum atomic E-state index is -0.499. The summed E-state index contributed by atoms with van der Waals surface area (Å²) in [7, 11) is 0. The van der Waals surface area contributed by atoms with Crippen LogP contribution >= 0.6 is 23.4 Å². The highest BCUT2D eigenvalue weighted by Gasteiger charge is 2.10. The molecule has 7 heteroatoms. The number of halogens is 2. The summed E-state index contributed by atoms with van der Waals surface area (Å²) in [5, 5.41) is 10.9. The first-order chi connectivity index (χ1) is 9.47. The summed E-state index contributed by atoms with van der Waals surface area (Å²) in [5.74, 6) is 0.104. The first kappa shape index (κ1) is 14.6. The predicted molar refractivity (Wildman–Crippen MR) is 78.5 cm³/mol. The Morgan fingerprint density at radius 2 is 2.05 bits per heavy atom. The third-order valence-corrected chi connectivity index (χ3v) is 4.09. The summed E-state index contributed by atoms with van der Waals surface area (Å²) >= 11 is 7.39. The van der Waals surface area contributed by atoms with Crippen molar-refractivity contribution in [3.63, 3.8) is 0 Å². The van der Waals surface area contributed by atoms with Gasteiger partial charge in [-0.05, 0) is 29.8 Å². The van der Waals surface area contributed by atoms with Crippen LogP contribution in [0.15, 0.2) is 41.3 Å².